The van der Waals surface area contributed by atoms with E-state index < -0.39 is 0 Å². The van der Waals surface area contributed by atoms with Gasteiger partial charge in [-0.15, -0.1) is 0 Å². The van der Waals surface area contributed by atoms with Crippen LogP contribution in [0.1, 0.15) is 53.7 Å². The Balaban J connectivity index is 1.55. The lowest BCUT2D eigenvalue weighted by molar-refractivity contribution is -0.116. The Kier molecular flexibility index (Phi) is 5.31. The van der Waals surface area contributed by atoms with Crippen molar-refractivity contribution < 1.29 is 9.59 Å². The fraction of sp³-hybridized carbons (Fsp3) is 0.240. The number of aryl methyl sites for hydroxylation is 1. The summed E-state index contributed by atoms with van der Waals surface area (Å²) < 4.78 is 1.76. The number of rotatable bonds is 4. The fourth-order valence-electron chi connectivity index (χ4n) is 4.40. The summed E-state index contributed by atoms with van der Waals surface area (Å²) in [7, 11) is 0. The molecular weight excluding hydrogens is 424 g/mol. The average molecular weight is 447 g/mol. The van der Waals surface area contributed by atoms with Gasteiger partial charge < -0.3 is 10.6 Å². The molecule has 0 bridgehead atoms. The Morgan fingerprint density at radius 3 is 2.62 bits per heavy atom. The second-order valence-corrected chi connectivity index (χ2v) is 8.54. The Hall–Kier alpha value is -3.38. The average Bonchev–Trinajstić information content (AvgIpc) is 3.23. The number of Topliss-reactive ketones (excluding diaryl/α,β-unsaturated/α-hetero) is 1. The number of fused-ring (bicyclic) bond motifs is 1. The number of aromatic nitrogens is 2. The molecule has 2 N–H and O–H groups in total. The minimum atomic E-state index is -0.350. The third-order valence-corrected chi connectivity index (χ3v) is 6.34. The van der Waals surface area contributed by atoms with E-state index in [1.807, 2.05) is 0 Å². The van der Waals surface area contributed by atoms with Crippen LogP contribution in [0, 0.1) is 0 Å². The normalized spacial score (nSPS) is 17.4. The molecule has 0 saturated carbocycles. The summed E-state index contributed by atoms with van der Waals surface area (Å²) in [6.07, 6.45) is 4.61. The van der Waals surface area contributed by atoms with Crippen molar-refractivity contribution in [3.8, 4) is 0 Å². The van der Waals surface area contributed by atoms with Crippen LogP contribution in [0.25, 0.3) is 0 Å². The maximum Gasteiger partial charge on any atom is 0.261 e. The molecule has 2 aliphatic rings. The van der Waals surface area contributed by atoms with Crippen molar-refractivity contribution in [2.24, 2.45) is 0 Å². The number of nitrogens with zero attached hydrogens (tertiary/aromatic N) is 2. The molecule has 7 heteroatoms. The van der Waals surface area contributed by atoms with Crippen LogP contribution in [0.15, 0.2) is 66.0 Å². The van der Waals surface area contributed by atoms with Gasteiger partial charge in [-0.05, 0) is 54.7 Å². The molecule has 2 heterocycles. The van der Waals surface area contributed by atoms with Gasteiger partial charge in [-0.25, -0.2) is 4.68 Å². The molecule has 2 aromatic carbocycles. The Morgan fingerprint density at radius 2 is 1.91 bits per heavy atom. The number of carbonyl (C=O) groups excluding carboxylic acids is 2. The number of anilines is 2. The van der Waals surface area contributed by atoms with E-state index in [0.29, 0.717) is 28.5 Å². The predicted molar refractivity (Wildman–Crippen MR) is 125 cm³/mol. The van der Waals surface area contributed by atoms with Crippen molar-refractivity contribution >= 4 is 34.8 Å². The summed E-state index contributed by atoms with van der Waals surface area (Å²) in [6.45, 7) is 2.11. The number of ketones is 1. The largest absolute Gasteiger partial charge is 0.343 e. The lowest BCUT2D eigenvalue weighted by Crippen LogP contribution is -2.32. The van der Waals surface area contributed by atoms with Gasteiger partial charge in [0.15, 0.2) is 5.78 Å². The van der Waals surface area contributed by atoms with E-state index in [-0.39, 0.29) is 17.7 Å². The van der Waals surface area contributed by atoms with Crippen LogP contribution in [0.5, 0.6) is 0 Å². The smallest absolute Gasteiger partial charge is 0.261 e. The van der Waals surface area contributed by atoms with Crippen molar-refractivity contribution in [3.05, 3.63) is 87.7 Å². The zero-order valence-corrected chi connectivity index (χ0v) is 18.4. The molecule has 0 spiro atoms. The summed E-state index contributed by atoms with van der Waals surface area (Å²) in [5.41, 5.74) is 4.94. The lowest BCUT2D eigenvalue weighted by atomic mass is 9.85. The monoisotopic (exact) mass is 446 g/mol. The quantitative estimate of drug-likeness (QED) is 0.564. The first kappa shape index (κ1) is 20.5. The van der Waals surface area contributed by atoms with Crippen molar-refractivity contribution in [1.82, 2.24) is 9.78 Å². The highest BCUT2D eigenvalue weighted by Gasteiger charge is 2.37. The van der Waals surface area contributed by atoms with E-state index in [2.05, 4.69) is 46.9 Å². The van der Waals surface area contributed by atoms with Crippen LogP contribution in [0.2, 0.25) is 5.02 Å². The molecule has 6 nitrogen and oxygen atoms in total. The van der Waals surface area contributed by atoms with Gasteiger partial charge in [0.1, 0.15) is 17.4 Å². The molecule has 3 aromatic rings. The Morgan fingerprint density at radius 1 is 1.16 bits per heavy atom. The van der Waals surface area contributed by atoms with Crippen LogP contribution >= 0.6 is 11.6 Å². The van der Waals surface area contributed by atoms with Gasteiger partial charge in [-0.2, -0.15) is 5.10 Å². The zero-order valence-electron chi connectivity index (χ0n) is 17.7. The van der Waals surface area contributed by atoms with Crippen LogP contribution < -0.4 is 10.6 Å². The first-order chi connectivity index (χ1) is 15.5. The number of hydrogen-bond acceptors (Lipinski definition) is 4. The van der Waals surface area contributed by atoms with E-state index >= 15 is 0 Å². The maximum atomic E-state index is 13.1. The summed E-state index contributed by atoms with van der Waals surface area (Å²) in [5.74, 6) is 0.471. The molecule has 5 rings (SSSR count). The predicted octanol–water partition coefficient (Wildman–Crippen LogP) is 5.37. The highest BCUT2D eigenvalue weighted by Crippen LogP contribution is 2.41. The molecule has 162 valence electrons. The van der Waals surface area contributed by atoms with Crippen LogP contribution in [-0.2, 0) is 11.2 Å². The number of halogens is 1. The van der Waals surface area contributed by atoms with Crippen molar-refractivity contribution in [2.75, 3.05) is 10.6 Å². The molecule has 1 aliphatic heterocycles. The molecule has 1 amide bonds. The molecule has 1 aliphatic carbocycles. The van der Waals surface area contributed by atoms with Gasteiger partial charge in [0.2, 0.25) is 0 Å². The van der Waals surface area contributed by atoms with Gasteiger partial charge in [0.05, 0.1) is 6.20 Å². The summed E-state index contributed by atoms with van der Waals surface area (Å²) >= 11 is 5.94. The number of amides is 1. The van der Waals surface area contributed by atoms with Gasteiger partial charge in [0.25, 0.3) is 5.91 Å². The summed E-state index contributed by atoms with van der Waals surface area (Å²) in [5, 5.41) is 11.4. The van der Waals surface area contributed by atoms with Crippen LogP contribution in [0.3, 0.4) is 0 Å². The van der Waals surface area contributed by atoms with Crippen LogP contribution in [-0.4, -0.2) is 21.5 Å². The molecule has 1 unspecified atom stereocenters. The molecular formula is C25H23ClN4O2. The topological polar surface area (TPSA) is 76.0 Å². The standard InChI is InChI=1S/C25H23ClN4O2/c1-2-15-6-8-16(9-7-15)23-22-20(4-3-5-21(22)31)29-24-19(14-27-30(23)24)25(32)28-18-12-10-17(26)11-13-18/h6-14,23,29H,2-5H2,1H3,(H,28,32). The van der Waals surface area contributed by atoms with E-state index in [1.54, 1.807) is 35.1 Å². The third-order valence-electron chi connectivity index (χ3n) is 6.09. The molecule has 0 fully saturated rings. The first-order valence-corrected chi connectivity index (χ1v) is 11.2. The Bertz CT molecular complexity index is 1230. The number of hydrogen-bond donors (Lipinski definition) is 2. The van der Waals surface area contributed by atoms with Crippen molar-refractivity contribution in [1.29, 1.82) is 0 Å². The van der Waals surface area contributed by atoms with E-state index in [0.717, 1.165) is 36.1 Å². The van der Waals surface area contributed by atoms with Crippen molar-refractivity contribution in [2.45, 2.75) is 38.6 Å². The summed E-state index contributed by atoms with van der Waals surface area (Å²) in [6, 6.07) is 14.9. The van der Waals surface area contributed by atoms with Crippen molar-refractivity contribution in [3.63, 3.8) is 0 Å². The minimum absolute atomic E-state index is 0.136. The number of carbonyl (C=O) groups is 2. The first-order valence-electron chi connectivity index (χ1n) is 10.8. The van der Waals surface area contributed by atoms with Crippen LogP contribution in [0.4, 0.5) is 11.5 Å². The number of nitrogens with one attached hydrogen (secondary N) is 2. The van der Waals surface area contributed by atoms with Gasteiger partial charge in [-0.3, -0.25) is 9.59 Å². The second-order valence-electron chi connectivity index (χ2n) is 8.10. The van der Waals surface area contributed by atoms with Gasteiger partial charge in [-0.1, -0.05) is 42.8 Å². The van der Waals surface area contributed by atoms with E-state index in [4.69, 9.17) is 11.6 Å². The lowest BCUT2D eigenvalue weighted by Gasteiger charge is -2.33. The number of allylic oxidation sites excluding steroid dienone is 2. The molecule has 0 saturated heterocycles. The fourth-order valence-corrected chi connectivity index (χ4v) is 4.53. The molecule has 0 radical (unpaired) electrons. The Labute approximate surface area is 191 Å². The SMILES string of the molecule is CCc1ccc(C2C3=C(CCCC3=O)Nc3c(C(=O)Nc4ccc(Cl)cc4)cnn32)cc1. The third kappa shape index (κ3) is 3.60. The highest BCUT2D eigenvalue weighted by atomic mass is 35.5. The van der Waals surface area contributed by atoms with Gasteiger partial charge >= 0.3 is 0 Å². The maximum absolute atomic E-state index is 13.1. The van der Waals surface area contributed by atoms with E-state index in [1.165, 1.54) is 5.56 Å². The minimum Gasteiger partial charge on any atom is -0.343 e. The second kappa shape index (κ2) is 8.28. The molecule has 1 aromatic heterocycles. The zero-order chi connectivity index (χ0) is 22.2. The summed E-state index contributed by atoms with van der Waals surface area (Å²) in [4.78, 5) is 26.0. The molecule has 32 heavy (non-hydrogen) atoms. The van der Waals surface area contributed by atoms with Gasteiger partial charge in [0, 0.05) is 28.4 Å². The number of benzene rings is 2. The molecule has 1 atom stereocenters. The highest BCUT2D eigenvalue weighted by molar-refractivity contribution is 6.30. The van der Waals surface area contributed by atoms with E-state index in [9.17, 15) is 9.59 Å².